The largest absolute Gasteiger partial charge is 0.487 e. The van der Waals surface area contributed by atoms with Crippen LogP contribution in [0.3, 0.4) is 0 Å². The number of fused-ring (bicyclic) bond motifs is 1. The van der Waals surface area contributed by atoms with Crippen LogP contribution in [0.1, 0.15) is 11.3 Å². The monoisotopic (exact) mass is 404 g/mol. The van der Waals surface area contributed by atoms with Gasteiger partial charge in [-0.25, -0.2) is 13.1 Å². The Morgan fingerprint density at radius 3 is 2.48 bits per heavy atom. The van der Waals surface area contributed by atoms with Crippen LogP contribution in [0.25, 0.3) is 10.8 Å². The van der Waals surface area contributed by atoms with Gasteiger partial charge in [0.05, 0.1) is 10.6 Å². The molecule has 0 aliphatic rings. The topological polar surface area (TPSA) is 68.3 Å². The summed E-state index contributed by atoms with van der Waals surface area (Å²) in [6.07, 6.45) is 1.72. The maximum atomic E-state index is 12.7. The van der Waals surface area contributed by atoms with E-state index < -0.39 is 10.0 Å². The zero-order valence-electron chi connectivity index (χ0n) is 15.7. The summed E-state index contributed by atoms with van der Waals surface area (Å²) in [6.45, 7) is 0.531. The van der Waals surface area contributed by atoms with Crippen LogP contribution in [0.5, 0.6) is 5.75 Å². The van der Waals surface area contributed by atoms with Gasteiger partial charge in [-0.05, 0) is 52.7 Å². The number of sulfonamides is 1. The van der Waals surface area contributed by atoms with Crippen molar-refractivity contribution in [2.24, 2.45) is 0 Å². The number of hydrogen-bond donors (Lipinski definition) is 1. The highest BCUT2D eigenvalue weighted by Crippen LogP contribution is 2.20. The second-order valence-electron chi connectivity index (χ2n) is 6.59. The fourth-order valence-electron chi connectivity index (χ4n) is 2.98. The molecule has 0 unspecified atom stereocenters. The average molecular weight is 404 g/mol. The quantitative estimate of drug-likeness (QED) is 0.499. The molecule has 0 fully saturated rings. The molecule has 4 aromatic rings. The number of ether oxygens (including phenoxy) is 1. The first-order chi connectivity index (χ1) is 14.1. The van der Waals surface area contributed by atoms with Crippen molar-refractivity contribution >= 4 is 20.8 Å². The van der Waals surface area contributed by atoms with Crippen LogP contribution in [0.2, 0.25) is 0 Å². The highest BCUT2D eigenvalue weighted by atomic mass is 32.2. The van der Waals surface area contributed by atoms with Gasteiger partial charge in [0.2, 0.25) is 10.0 Å². The van der Waals surface area contributed by atoms with E-state index in [0.29, 0.717) is 12.4 Å². The third-order valence-electron chi connectivity index (χ3n) is 4.51. The molecule has 0 radical (unpaired) electrons. The molecular weight excluding hydrogens is 384 g/mol. The summed E-state index contributed by atoms with van der Waals surface area (Å²) >= 11 is 0. The molecule has 29 heavy (non-hydrogen) atoms. The highest BCUT2D eigenvalue weighted by molar-refractivity contribution is 7.89. The van der Waals surface area contributed by atoms with Crippen LogP contribution in [-0.2, 0) is 23.2 Å². The van der Waals surface area contributed by atoms with Crippen LogP contribution in [0, 0.1) is 0 Å². The molecule has 146 valence electrons. The molecule has 0 aliphatic heterocycles. The minimum atomic E-state index is -3.62. The van der Waals surface area contributed by atoms with Gasteiger partial charge < -0.3 is 4.74 Å². The first kappa shape index (κ1) is 19.1. The van der Waals surface area contributed by atoms with E-state index >= 15 is 0 Å². The van der Waals surface area contributed by atoms with Crippen molar-refractivity contribution < 1.29 is 13.2 Å². The second-order valence-corrected chi connectivity index (χ2v) is 8.36. The summed E-state index contributed by atoms with van der Waals surface area (Å²) < 4.78 is 33.8. The molecule has 6 heteroatoms. The summed E-state index contributed by atoms with van der Waals surface area (Å²) in [5.74, 6) is 0.665. The molecule has 1 N–H and O–H groups in total. The predicted octanol–water partition coefficient (Wildman–Crippen LogP) is 4.29. The standard InChI is InChI=1S/C23H20N2O3S/c26-29(27,23-12-11-19-7-1-2-8-20(19)15-23)25-16-18-6-5-10-22(14-18)28-17-21-9-3-4-13-24-21/h1-15,25H,16-17H2. The van der Waals surface area contributed by atoms with Gasteiger partial charge in [0.25, 0.3) is 0 Å². The van der Waals surface area contributed by atoms with Gasteiger partial charge >= 0.3 is 0 Å². The lowest BCUT2D eigenvalue weighted by Crippen LogP contribution is -2.23. The Labute approximate surface area is 170 Å². The van der Waals surface area contributed by atoms with Crippen molar-refractivity contribution in [1.29, 1.82) is 0 Å². The molecular formula is C23H20N2O3S. The van der Waals surface area contributed by atoms with E-state index in [9.17, 15) is 8.42 Å². The minimum absolute atomic E-state index is 0.177. The molecule has 0 amide bonds. The van der Waals surface area contributed by atoms with Gasteiger partial charge in [0.1, 0.15) is 12.4 Å². The van der Waals surface area contributed by atoms with Gasteiger partial charge in [-0.1, -0.05) is 48.5 Å². The van der Waals surface area contributed by atoms with Crippen molar-refractivity contribution in [3.8, 4) is 5.75 Å². The molecule has 0 bridgehead atoms. The Hall–Kier alpha value is -3.22. The molecule has 0 spiro atoms. The number of nitrogens with one attached hydrogen (secondary N) is 1. The van der Waals surface area contributed by atoms with E-state index in [1.54, 1.807) is 18.3 Å². The summed E-state index contributed by atoms with van der Waals surface area (Å²) in [5.41, 5.74) is 1.64. The van der Waals surface area contributed by atoms with Gasteiger partial charge in [0.15, 0.2) is 0 Å². The molecule has 0 atom stereocenters. The highest BCUT2D eigenvalue weighted by Gasteiger charge is 2.14. The fourth-order valence-corrected chi connectivity index (χ4v) is 4.03. The van der Waals surface area contributed by atoms with Gasteiger partial charge in [0, 0.05) is 12.7 Å². The van der Waals surface area contributed by atoms with Crippen molar-refractivity contribution in [3.63, 3.8) is 0 Å². The number of aromatic nitrogens is 1. The van der Waals surface area contributed by atoms with E-state index in [1.165, 1.54) is 0 Å². The fraction of sp³-hybridized carbons (Fsp3) is 0.0870. The maximum Gasteiger partial charge on any atom is 0.240 e. The molecule has 5 nitrogen and oxygen atoms in total. The van der Waals surface area contributed by atoms with Crippen LogP contribution in [0.15, 0.2) is 96.0 Å². The smallest absolute Gasteiger partial charge is 0.240 e. The molecule has 0 aliphatic carbocycles. The van der Waals surface area contributed by atoms with Crippen LogP contribution in [-0.4, -0.2) is 13.4 Å². The van der Waals surface area contributed by atoms with Gasteiger partial charge in [-0.3, -0.25) is 4.98 Å². The summed E-state index contributed by atoms with van der Waals surface area (Å²) in [6, 6.07) is 25.8. The Balaban J connectivity index is 1.43. The zero-order chi connectivity index (χ0) is 20.1. The SMILES string of the molecule is O=S(=O)(NCc1cccc(OCc2ccccn2)c1)c1ccc2ccccc2c1. The molecule has 0 saturated carbocycles. The average Bonchev–Trinajstić information content (AvgIpc) is 2.77. The zero-order valence-corrected chi connectivity index (χ0v) is 16.5. The summed E-state index contributed by atoms with van der Waals surface area (Å²) in [7, 11) is -3.62. The predicted molar refractivity (Wildman–Crippen MR) is 113 cm³/mol. The third-order valence-corrected chi connectivity index (χ3v) is 5.91. The van der Waals surface area contributed by atoms with Crippen molar-refractivity contribution in [2.45, 2.75) is 18.0 Å². The van der Waals surface area contributed by atoms with Gasteiger partial charge in [-0.15, -0.1) is 0 Å². The third kappa shape index (κ3) is 4.80. The lowest BCUT2D eigenvalue weighted by Gasteiger charge is -2.10. The number of hydrogen-bond acceptors (Lipinski definition) is 4. The van der Waals surface area contributed by atoms with E-state index in [4.69, 9.17) is 4.74 Å². The van der Waals surface area contributed by atoms with E-state index in [0.717, 1.165) is 22.0 Å². The molecule has 3 aromatic carbocycles. The van der Waals surface area contributed by atoms with Crippen LogP contribution < -0.4 is 9.46 Å². The number of benzene rings is 3. The molecule has 0 saturated heterocycles. The normalized spacial score (nSPS) is 11.4. The van der Waals surface area contributed by atoms with E-state index in [2.05, 4.69) is 9.71 Å². The second kappa shape index (κ2) is 8.43. The van der Waals surface area contributed by atoms with E-state index in [-0.39, 0.29) is 11.4 Å². The minimum Gasteiger partial charge on any atom is -0.487 e. The summed E-state index contributed by atoms with van der Waals surface area (Å²) in [5, 5.41) is 1.89. The number of pyridine rings is 1. The Morgan fingerprint density at radius 2 is 1.66 bits per heavy atom. The van der Waals surface area contributed by atoms with Crippen LogP contribution >= 0.6 is 0 Å². The maximum absolute atomic E-state index is 12.7. The molecule has 1 heterocycles. The molecule has 4 rings (SSSR count). The van der Waals surface area contributed by atoms with Crippen molar-refractivity contribution in [2.75, 3.05) is 0 Å². The Kier molecular flexibility index (Phi) is 5.55. The first-order valence-electron chi connectivity index (χ1n) is 9.20. The Morgan fingerprint density at radius 1 is 0.828 bits per heavy atom. The first-order valence-corrected chi connectivity index (χ1v) is 10.7. The Bertz CT molecular complexity index is 1230. The molecule has 1 aromatic heterocycles. The van der Waals surface area contributed by atoms with E-state index in [1.807, 2.05) is 72.8 Å². The van der Waals surface area contributed by atoms with Crippen molar-refractivity contribution in [1.82, 2.24) is 9.71 Å². The lowest BCUT2D eigenvalue weighted by atomic mass is 10.1. The lowest BCUT2D eigenvalue weighted by molar-refractivity contribution is 0.301. The van der Waals surface area contributed by atoms with Crippen LogP contribution in [0.4, 0.5) is 0 Å². The van der Waals surface area contributed by atoms with Gasteiger partial charge in [-0.2, -0.15) is 0 Å². The van der Waals surface area contributed by atoms with Crippen molar-refractivity contribution in [3.05, 3.63) is 102 Å². The number of nitrogens with zero attached hydrogens (tertiary/aromatic N) is 1. The number of rotatable bonds is 7. The summed E-state index contributed by atoms with van der Waals surface area (Å²) in [4.78, 5) is 4.47.